The van der Waals surface area contributed by atoms with Crippen LogP contribution in [0.1, 0.15) is 23.2 Å². The van der Waals surface area contributed by atoms with E-state index in [-0.39, 0.29) is 12.1 Å². The van der Waals surface area contributed by atoms with Crippen LogP contribution in [0.15, 0.2) is 36.4 Å². The van der Waals surface area contributed by atoms with E-state index < -0.39 is 10.0 Å². The number of sulfonamides is 1. The average molecular weight is 291 g/mol. The number of nitrogens with one attached hydrogen (secondary N) is 2. The second kappa shape index (κ2) is 4.55. The summed E-state index contributed by atoms with van der Waals surface area (Å²) in [4.78, 5) is 1.22. The SMILES string of the molecule is C[NH+](C)[C@@H]1c2cccc3cccc(c23)[C@@H]1NS(C)(=O)=O. The van der Waals surface area contributed by atoms with Gasteiger partial charge >= 0.3 is 0 Å². The quantitative estimate of drug-likeness (QED) is 0.871. The predicted octanol–water partition coefficient (Wildman–Crippen LogP) is 0.629. The topological polar surface area (TPSA) is 50.6 Å². The summed E-state index contributed by atoms with van der Waals surface area (Å²) in [7, 11) is 0.872. The van der Waals surface area contributed by atoms with Gasteiger partial charge in [-0.15, -0.1) is 0 Å². The van der Waals surface area contributed by atoms with Crippen LogP contribution in [0.4, 0.5) is 0 Å². The lowest BCUT2D eigenvalue weighted by atomic mass is 10.0. The Morgan fingerprint density at radius 1 is 1.05 bits per heavy atom. The van der Waals surface area contributed by atoms with E-state index in [9.17, 15) is 8.42 Å². The molecule has 0 radical (unpaired) electrons. The molecule has 0 heterocycles. The van der Waals surface area contributed by atoms with Crippen LogP contribution in [-0.2, 0) is 10.0 Å². The van der Waals surface area contributed by atoms with E-state index in [1.807, 2.05) is 18.2 Å². The highest BCUT2D eigenvalue weighted by molar-refractivity contribution is 7.88. The fraction of sp³-hybridized carbons (Fsp3) is 0.333. The van der Waals surface area contributed by atoms with E-state index >= 15 is 0 Å². The van der Waals surface area contributed by atoms with Crippen LogP contribution >= 0.6 is 0 Å². The van der Waals surface area contributed by atoms with Gasteiger partial charge in [-0.05, 0) is 16.3 Å². The Kier molecular flexibility index (Phi) is 3.08. The van der Waals surface area contributed by atoms with Crippen LogP contribution in [0.3, 0.4) is 0 Å². The molecule has 0 unspecified atom stereocenters. The van der Waals surface area contributed by atoms with Gasteiger partial charge in [-0.2, -0.15) is 0 Å². The van der Waals surface area contributed by atoms with Gasteiger partial charge in [0.05, 0.1) is 20.4 Å². The zero-order chi connectivity index (χ0) is 14.5. The monoisotopic (exact) mass is 291 g/mol. The van der Waals surface area contributed by atoms with E-state index in [0.717, 1.165) is 5.56 Å². The number of quaternary nitrogens is 1. The summed E-state index contributed by atoms with van der Waals surface area (Å²) in [6.45, 7) is 0. The maximum Gasteiger partial charge on any atom is 0.209 e. The zero-order valence-corrected chi connectivity index (χ0v) is 12.7. The summed E-state index contributed by atoms with van der Waals surface area (Å²) in [6.07, 6.45) is 1.22. The maximum absolute atomic E-state index is 11.7. The van der Waals surface area contributed by atoms with E-state index in [0.29, 0.717) is 0 Å². The Balaban J connectivity index is 2.24. The van der Waals surface area contributed by atoms with Crippen molar-refractivity contribution in [3.05, 3.63) is 47.5 Å². The first-order chi connectivity index (χ1) is 9.38. The number of rotatable bonds is 3. The molecular formula is C15H19N2O2S+. The smallest absolute Gasteiger partial charge is 0.209 e. The van der Waals surface area contributed by atoms with Crippen LogP contribution in [-0.4, -0.2) is 28.8 Å². The van der Waals surface area contributed by atoms with Crippen LogP contribution in [0.25, 0.3) is 10.8 Å². The molecule has 0 spiro atoms. The Morgan fingerprint density at radius 3 is 2.20 bits per heavy atom. The number of hydrogen-bond donors (Lipinski definition) is 2. The van der Waals surface area contributed by atoms with Gasteiger partial charge < -0.3 is 4.90 Å². The average Bonchev–Trinajstić information content (AvgIpc) is 2.64. The molecule has 0 saturated heterocycles. The summed E-state index contributed by atoms with van der Waals surface area (Å²) in [6, 6.07) is 12.2. The van der Waals surface area contributed by atoms with Crippen molar-refractivity contribution in [2.75, 3.05) is 20.4 Å². The van der Waals surface area contributed by atoms with Crippen molar-refractivity contribution in [1.82, 2.24) is 4.72 Å². The standard InChI is InChI=1S/C15H18N2O2S/c1-17(2)15-12-9-5-7-10-6-4-8-11(13(10)12)14(15)16-20(3,18)19/h4-9,14-16H,1-3H3/p+1/t14-,15+/m0/s1. The van der Waals surface area contributed by atoms with E-state index in [2.05, 4.69) is 37.0 Å². The molecule has 0 bridgehead atoms. The normalized spacial score (nSPS) is 21.8. The molecule has 2 aromatic carbocycles. The molecule has 1 aliphatic carbocycles. The molecule has 2 N–H and O–H groups in total. The Labute approximate surface area is 119 Å². The van der Waals surface area contributed by atoms with Gasteiger partial charge in [0.2, 0.25) is 10.0 Å². The molecule has 3 rings (SSSR count). The lowest BCUT2D eigenvalue weighted by molar-refractivity contribution is -0.894. The van der Waals surface area contributed by atoms with Crippen molar-refractivity contribution in [2.24, 2.45) is 0 Å². The molecular weight excluding hydrogens is 272 g/mol. The second-order valence-electron chi connectivity index (χ2n) is 5.72. The maximum atomic E-state index is 11.7. The fourth-order valence-electron chi connectivity index (χ4n) is 3.28. The van der Waals surface area contributed by atoms with Crippen molar-refractivity contribution in [3.8, 4) is 0 Å². The van der Waals surface area contributed by atoms with Crippen molar-refractivity contribution < 1.29 is 13.3 Å². The molecule has 4 nitrogen and oxygen atoms in total. The van der Waals surface area contributed by atoms with Crippen LogP contribution < -0.4 is 9.62 Å². The van der Waals surface area contributed by atoms with Gasteiger partial charge in [0.1, 0.15) is 12.1 Å². The minimum Gasteiger partial charge on any atom is -0.332 e. The van der Waals surface area contributed by atoms with E-state index in [1.54, 1.807) is 0 Å². The molecule has 0 saturated carbocycles. The lowest BCUT2D eigenvalue weighted by Crippen LogP contribution is -3.06. The highest BCUT2D eigenvalue weighted by Crippen LogP contribution is 2.42. The first kappa shape index (κ1) is 13.5. The number of likely N-dealkylation sites (N-methyl/N-ethyl adjacent to an activating group) is 1. The second-order valence-corrected chi connectivity index (χ2v) is 7.50. The first-order valence-electron chi connectivity index (χ1n) is 6.67. The lowest BCUT2D eigenvalue weighted by Gasteiger charge is -2.25. The third kappa shape index (κ3) is 2.12. The fourth-order valence-corrected chi connectivity index (χ4v) is 4.01. The minimum absolute atomic E-state index is 0.103. The van der Waals surface area contributed by atoms with Gasteiger partial charge in [-0.3, -0.25) is 0 Å². The van der Waals surface area contributed by atoms with Crippen molar-refractivity contribution in [1.29, 1.82) is 0 Å². The summed E-state index contributed by atoms with van der Waals surface area (Å²) in [5, 5.41) is 2.37. The van der Waals surface area contributed by atoms with Gasteiger partial charge in [-0.25, -0.2) is 13.1 Å². The van der Waals surface area contributed by atoms with Crippen LogP contribution in [0.5, 0.6) is 0 Å². The zero-order valence-electron chi connectivity index (χ0n) is 11.8. The Morgan fingerprint density at radius 2 is 1.65 bits per heavy atom. The number of hydrogen-bond acceptors (Lipinski definition) is 2. The molecule has 20 heavy (non-hydrogen) atoms. The van der Waals surface area contributed by atoms with Crippen molar-refractivity contribution in [3.63, 3.8) is 0 Å². The Hall–Kier alpha value is -1.43. The highest BCUT2D eigenvalue weighted by atomic mass is 32.2. The third-order valence-corrected chi connectivity index (χ3v) is 4.62. The van der Waals surface area contributed by atoms with Gasteiger partial charge in [0.15, 0.2) is 0 Å². The molecule has 2 aromatic rings. The molecule has 106 valence electrons. The summed E-state index contributed by atoms with van der Waals surface area (Å²) < 4.78 is 26.2. The van der Waals surface area contributed by atoms with Gasteiger partial charge in [0, 0.05) is 5.56 Å². The Bertz CT molecular complexity index is 763. The molecule has 0 fully saturated rings. The minimum atomic E-state index is -3.25. The molecule has 0 aromatic heterocycles. The molecule has 2 atom stereocenters. The third-order valence-electron chi connectivity index (χ3n) is 3.94. The van der Waals surface area contributed by atoms with E-state index in [4.69, 9.17) is 0 Å². The molecule has 0 aliphatic heterocycles. The summed E-state index contributed by atoms with van der Waals surface area (Å²) in [5.74, 6) is 0. The van der Waals surface area contributed by atoms with Crippen molar-refractivity contribution >= 4 is 20.8 Å². The largest absolute Gasteiger partial charge is 0.332 e. The first-order valence-corrected chi connectivity index (χ1v) is 8.56. The molecule has 0 amide bonds. The predicted molar refractivity (Wildman–Crippen MR) is 80.2 cm³/mol. The molecule has 5 heteroatoms. The van der Waals surface area contributed by atoms with Crippen LogP contribution in [0, 0.1) is 0 Å². The van der Waals surface area contributed by atoms with Crippen molar-refractivity contribution in [2.45, 2.75) is 12.1 Å². The van der Waals surface area contributed by atoms with Gasteiger partial charge in [-0.1, -0.05) is 36.4 Å². The summed E-state index contributed by atoms with van der Waals surface area (Å²) in [5.41, 5.74) is 2.30. The van der Waals surface area contributed by atoms with Gasteiger partial charge in [0.25, 0.3) is 0 Å². The highest BCUT2D eigenvalue weighted by Gasteiger charge is 2.39. The molecule has 1 aliphatic rings. The van der Waals surface area contributed by atoms with E-state index in [1.165, 1.54) is 27.5 Å². The summed E-state index contributed by atoms with van der Waals surface area (Å²) >= 11 is 0. The van der Waals surface area contributed by atoms with Crippen LogP contribution in [0.2, 0.25) is 0 Å². The number of benzene rings is 2.